The number of hydrogen-bond acceptors (Lipinski definition) is 3. The highest BCUT2D eigenvalue weighted by atomic mass is 127. The van der Waals surface area contributed by atoms with Crippen molar-refractivity contribution in [1.82, 2.24) is 0 Å². The van der Waals surface area contributed by atoms with E-state index in [0.717, 1.165) is 22.6 Å². The van der Waals surface area contributed by atoms with Gasteiger partial charge in [-0.25, -0.2) is 0 Å². The van der Waals surface area contributed by atoms with Crippen molar-refractivity contribution < 1.29 is 38.9 Å². The average molecular weight is 488 g/mol. The molecule has 136 valence electrons. The summed E-state index contributed by atoms with van der Waals surface area (Å²) < 4.78 is 99.8. The second-order valence-corrected chi connectivity index (χ2v) is 7.39. The van der Waals surface area contributed by atoms with Gasteiger partial charge in [-0.05, 0) is 41.0 Å². The lowest BCUT2D eigenvalue weighted by molar-refractivity contribution is -0.0807. The van der Waals surface area contributed by atoms with Crippen LogP contribution in [0, 0.1) is 0 Å². The monoisotopic (exact) mass is 488 g/mol. The standard InChI is InChI=1S/C13H11F6IO3S/c14-12(15,16)8-10(20)11(23-24(21,22)13(17,18)19)7-6-9-4-2-1-3-5-9/h1-5,8,11H,6-7H2/b10-8-. The normalized spacial score (nSPS) is 15.4. The fraction of sp³-hybridized carbons (Fsp3) is 0.385. The first-order valence-corrected chi connectivity index (χ1v) is 8.79. The van der Waals surface area contributed by atoms with Crippen LogP contribution in [0.15, 0.2) is 40.0 Å². The molecule has 0 fully saturated rings. The molecule has 0 saturated heterocycles. The van der Waals surface area contributed by atoms with Gasteiger partial charge in [0.2, 0.25) is 0 Å². The second kappa shape index (κ2) is 8.04. The van der Waals surface area contributed by atoms with Gasteiger partial charge in [0.25, 0.3) is 0 Å². The van der Waals surface area contributed by atoms with Gasteiger partial charge >= 0.3 is 21.8 Å². The van der Waals surface area contributed by atoms with E-state index in [1.54, 1.807) is 30.3 Å². The molecule has 1 aromatic carbocycles. The van der Waals surface area contributed by atoms with Crippen molar-refractivity contribution in [3.05, 3.63) is 45.6 Å². The number of aryl methyl sites for hydroxylation is 1. The predicted molar refractivity (Wildman–Crippen MR) is 82.8 cm³/mol. The summed E-state index contributed by atoms with van der Waals surface area (Å²) in [6, 6.07) is 8.16. The summed E-state index contributed by atoms with van der Waals surface area (Å²) in [5.74, 6) is 0. The molecule has 0 bridgehead atoms. The zero-order valence-electron chi connectivity index (χ0n) is 11.7. The van der Waals surface area contributed by atoms with Crippen molar-refractivity contribution in [3.63, 3.8) is 0 Å². The third-order valence-electron chi connectivity index (χ3n) is 2.67. The molecule has 11 heteroatoms. The van der Waals surface area contributed by atoms with Crippen LogP contribution in [0.25, 0.3) is 0 Å². The number of rotatable bonds is 6. The van der Waals surface area contributed by atoms with Gasteiger partial charge in [0.1, 0.15) is 6.10 Å². The quantitative estimate of drug-likeness (QED) is 0.252. The Kier molecular flexibility index (Phi) is 7.11. The first-order valence-electron chi connectivity index (χ1n) is 6.30. The Bertz CT molecular complexity index is 667. The van der Waals surface area contributed by atoms with Gasteiger partial charge < -0.3 is 0 Å². The zero-order valence-corrected chi connectivity index (χ0v) is 14.7. The van der Waals surface area contributed by atoms with E-state index in [2.05, 4.69) is 4.18 Å². The van der Waals surface area contributed by atoms with Crippen LogP contribution in [0.2, 0.25) is 0 Å². The van der Waals surface area contributed by atoms with E-state index in [1.807, 2.05) is 0 Å². The summed E-state index contributed by atoms with van der Waals surface area (Å²) in [5, 5.41) is 0. The van der Waals surface area contributed by atoms with E-state index in [1.165, 1.54) is 0 Å². The molecule has 1 unspecified atom stereocenters. The number of hydrogen-bond donors (Lipinski definition) is 0. The summed E-state index contributed by atoms with van der Waals surface area (Å²) in [6.07, 6.45) is -7.32. The predicted octanol–water partition coefficient (Wildman–Crippen LogP) is 4.74. The lowest BCUT2D eigenvalue weighted by Gasteiger charge is -2.19. The number of halogens is 7. The molecule has 0 aliphatic rings. The van der Waals surface area contributed by atoms with Crippen molar-refractivity contribution in [1.29, 1.82) is 0 Å². The molecule has 0 radical (unpaired) electrons. The van der Waals surface area contributed by atoms with Gasteiger partial charge in [-0.3, -0.25) is 4.18 Å². The van der Waals surface area contributed by atoms with Gasteiger partial charge in [-0.2, -0.15) is 34.8 Å². The van der Waals surface area contributed by atoms with Crippen LogP contribution >= 0.6 is 22.6 Å². The third kappa shape index (κ3) is 6.97. The summed E-state index contributed by atoms with van der Waals surface area (Å²) in [6.45, 7) is 0. The van der Waals surface area contributed by atoms with Gasteiger partial charge in [0.05, 0.1) is 0 Å². The second-order valence-electron chi connectivity index (χ2n) is 4.58. The minimum atomic E-state index is -6.01. The lowest BCUT2D eigenvalue weighted by atomic mass is 10.1. The molecule has 0 N–H and O–H groups in total. The maximum absolute atomic E-state index is 12.4. The van der Waals surface area contributed by atoms with E-state index in [4.69, 9.17) is 0 Å². The van der Waals surface area contributed by atoms with Crippen molar-refractivity contribution in [2.75, 3.05) is 0 Å². The molecule has 0 heterocycles. The first kappa shape index (κ1) is 21.2. The molecule has 3 nitrogen and oxygen atoms in total. The van der Waals surface area contributed by atoms with E-state index in [0.29, 0.717) is 5.56 Å². The maximum Gasteiger partial charge on any atom is 0.523 e. The summed E-state index contributed by atoms with van der Waals surface area (Å²) in [7, 11) is -6.01. The summed E-state index contributed by atoms with van der Waals surface area (Å²) >= 11 is 1.12. The molecule has 1 aromatic rings. The molecular weight excluding hydrogens is 477 g/mol. The Morgan fingerprint density at radius 1 is 1.12 bits per heavy atom. The summed E-state index contributed by atoms with van der Waals surface area (Å²) in [5.41, 5.74) is -5.10. The topological polar surface area (TPSA) is 43.4 Å². The molecular formula is C13H11F6IO3S. The van der Waals surface area contributed by atoms with E-state index >= 15 is 0 Å². The highest BCUT2D eigenvalue weighted by molar-refractivity contribution is 14.1. The lowest BCUT2D eigenvalue weighted by Crippen LogP contribution is -2.31. The molecule has 0 aliphatic carbocycles. The van der Waals surface area contributed by atoms with E-state index in [-0.39, 0.29) is 18.9 Å². The fourth-order valence-corrected chi connectivity index (χ4v) is 3.21. The third-order valence-corrected chi connectivity index (χ3v) is 4.73. The summed E-state index contributed by atoms with van der Waals surface area (Å²) in [4.78, 5) is 0. The van der Waals surface area contributed by atoms with Crippen LogP contribution in [0.5, 0.6) is 0 Å². The highest BCUT2D eigenvalue weighted by Gasteiger charge is 2.49. The van der Waals surface area contributed by atoms with Crippen LogP contribution in [-0.4, -0.2) is 26.2 Å². The first-order chi connectivity index (χ1) is 10.8. The Hall–Kier alpha value is -0.820. The zero-order chi connectivity index (χ0) is 18.6. The Balaban J connectivity index is 3.02. The number of alkyl halides is 6. The van der Waals surface area contributed by atoms with Crippen LogP contribution < -0.4 is 0 Å². The van der Waals surface area contributed by atoms with Crippen molar-refractivity contribution in [3.8, 4) is 0 Å². The minimum absolute atomic E-state index is 0.0388. The van der Waals surface area contributed by atoms with E-state index in [9.17, 15) is 34.8 Å². The van der Waals surface area contributed by atoms with Crippen LogP contribution in [0.1, 0.15) is 12.0 Å². The van der Waals surface area contributed by atoms with Crippen LogP contribution in [0.3, 0.4) is 0 Å². The highest BCUT2D eigenvalue weighted by Crippen LogP contribution is 2.32. The van der Waals surface area contributed by atoms with Gasteiger partial charge in [-0.15, -0.1) is 0 Å². The molecule has 0 aliphatic heterocycles. The van der Waals surface area contributed by atoms with Gasteiger partial charge in [-0.1, -0.05) is 30.3 Å². The fourth-order valence-electron chi connectivity index (χ4n) is 1.63. The number of benzene rings is 1. The molecule has 0 amide bonds. The SMILES string of the molecule is O=S(=O)(OC(CCc1ccccc1)/C(I)=C/C(F)(F)F)C(F)(F)F. The number of allylic oxidation sites excluding steroid dienone is 1. The van der Waals surface area contributed by atoms with E-state index < -0.39 is 31.5 Å². The van der Waals surface area contributed by atoms with Crippen LogP contribution in [0.4, 0.5) is 26.3 Å². The molecule has 0 aromatic heterocycles. The molecule has 0 saturated carbocycles. The minimum Gasteiger partial charge on any atom is -0.255 e. The van der Waals surface area contributed by atoms with Crippen molar-refractivity contribution in [2.45, 2.75) is 30.6 Å². The molecule has 1 rings (SSSR count). The Morgan fingerprint density at radius 2 is 1.67 bits per heavy atom. The molecule has 0 spiro atoms. The Morgan fingerprint density at radius 3 is 2.12 bits per heavy atom. The smallest absolute Gasteiger partial charge is 0.255 e. The molecule has 24 heavy (non-hydrogen) atoms. The van der Waals surface area contributed by atoms with Gasteiger partial charge in [0, 0.05) is 9.66 Å². The largest absolute Gasteiger partial charge is 0.523 e. The molecule has 1 atom stereocenters. The van der Waals surface area contributed by atoms with Gasteiger partial charge in [0.15, 0.2) is 0 Å². The maximum atomic E-state index is 12.4. The Labute approximate surface area is 147 Å². The van der Waals surface area contributed by atoms with Crippen LogP contribution in [-0.2, 0) is 20.7 Å². The van der Waals surface area contributed by atoms with Crippen molar-refractivity contribution in [2.24, 2.45) is 0 Å². The van der Waals surface area contributed by atoms with Crippen molar-refractivity contribution >= 4 is 32.7 Å². The average Bonchev–Trinajstić information content (AvgIpc) is 2.41.